The van der Waals surface area contributed by atoms with E-state index in [-0.39, 0.29) is 27.8 Å². The molecule has 1 aromatic heterocycles. The quantitative estimate of drug-likeness (QED) is 0.490. The van der Waals surface area contributed by atoms with Crippen molar-refractivity contribution < 1.29 is 27.1 Å². The average Bonchev–Trinajstić information content (AvgIpc) is 3.52. The molecule has 33 heavy (non-hydrogen) atoms. The number of hydrogen-bond donors (Lipinski definition) is 0. The molecule has 2 heterocycles. The van der Waals surface area contributed by atoms with Gasteiger partial charge in [-0.05, 0) is 61.7 Å². The van der Waals surface area contributed by atoms with E-state index >= 15 is 0 Å². The summed E-state index contributed by atoms with van der Waals surface area (Å²) in [6.07, 6.45) is 1.77. The lowest BCUT2D eigenvalue weighted by Crippen LogP contribution is -2.36. The minimum atomic E-state index is -3.86. The van der Waals surface area contributed by atoms with E-state index in [0.29, 0.717) is 19.7 Å². The van der Waals surface area contributed by atoms with Crippen LogP contribution < -0.4 is 4.74 Å². The Morgan fingerprint density at radius 2 is 1.79 bits per heavy atom. The number of rotatable bonds is 8. The van der Waals surface area contributed by atoms with E-state index in [2.05, 4.69) is 0 Å². The Kier molecular flexibility index (Phi) is 6.85. The van der Waals surface area contributed by atoms with Crippen molar-refractivity contribution in [1.29, 1.82) is 0 Å². The number of carbonyl (C=O) groups excluding carboxylic acids is 1. The first-order valence-corrected chi connectivity index (χ1v) is 12.3. The zero-order chi connectivity index (χ0) is 23.4. The first-order valence-electron chi connectivity index (χ1n) is 10.8. The first kappa shape index (κ1) is 23.1. The second-order valence-corrected chi connectivity index (χ2v) is 9.98. The maximum Gasteiger partial charge on any atom is 0.290 e. The summed E-state index contributed by atoms with van der Waals surface area (Å²) in [5.74, 6) is 0.326. The smallest absolute Gasteiger partial charge is 0.290 e. The van der Waals surface area contributed by atoms with Crippen LogP contribution in [0.3, 0.4) is 0 Å². The maximum atomic E-state index is 13.3. The highest BCUT2D eigenvalue weighted by molar-refractivity contribution is 7.91. The third-order valence-corrected chi connectivity index (χ3v) is 7.30. The summed E-state index contributed by atoms with van der Waals surface area (Å²) in [6.45, 7) is 3.29. The Balaban J connectivity index is 1.57. The van der Waals surface area contributed by atoms with Crippen LogP contribution in [0.2, 0.25) is 0 Å². The predicted octanol–water partition coefficient (Wildman–Crippen LogP) is 4.25. The van der Waals surface area contributed by atoms with Crippen LogP contribution in [0.5, 0.6) is 5.75 Å². The molecular weight excluding hydrogens is 442 g/mol. The number of amides is 1. The molecule has 7 nitrogen and oxygen atoms in total. The highest BCUT2D eigenvalue weighted by atomic mass is 32.2. The molecule has 1 aliphatic rings. The molecule has 174 valence electrons. The van der Waals surface area contributed by atoms with Crippen molar-refractivity contribution in [2.75, 3.05) is 20.3 Å². The van der Waals surface area contributed by atoms with Crippen LogP contribution in [0.4, 0.5) is 0 Å². The fourth-order valence-electron chi connectivity index (χ4n) is 3.77. The number of ether oxygens (including phenoxy) is 2. The van der Waals surface area contributed by atoms with E-state index in [0.717, 1.165) is 29.7 Å². The highest BCUT2D eigenvalue weighted by Crippen LogP contribution is 2.25. The van der Waals surface area contributed by atoms with E-state index < -0.39 is 9.84 Å². The fourth-order valence-corrected chi connectivity index (χ4v) is 4.95. The molecule has 2 aromatic carbocycles. The molecule has 3 aromatic rings. The van der Waals surface area contributed by atoms with Crippen molar-refractivity contribution in [2.45, 2.75) is 42.4 Å². The lowest BCUT2D eigenvalue weighted by atomic mass is 10.1. The van der Waals surface area contributed by atoms with Crippen LogP contribution in [0.1, 0.15) is 34.5 Å². The third kappa shape index (κ3) is 5.29. The lowest BCUT2D eigenvalue weighted by Gasteiger charge is -2.25. The number of furan rings is 1. The second kappa shape index (κ2) is 9.80. The Morgan fingerprint density at radius 1 is 1.06 bits per heavy atom. The SMILES string of the molecule is COc1ccc(CN(CC2CCCO2)C(=O)c2ccc(S(=O)(=O)c3ccc(C)cc3)o2)cc1. The zero-order valence-electron chi connectivity index (χ0n) is 18.7. The van der Waals surface area contributed by atoms with Gasteiger partial charge in [0, 0.05) is 19.7 Å². The topological polar surface area (TPSA) is 86.0 Å². The van der Waals surface area contributed by atoms with Crippen molar-refractivity contribution in [2.24, 2.45) is 0 Å². The number of hydrogen-bond acceptors (Lipinski definition) is 6. The van der Waals surface area contributed by atoms with E-state index in [9.17, 15) is 13.2 Å². The number of benzene rings is 2. The number of methoxy groups -OCH3 is 1. The van der Waals surface area contributed by atoms with Gasteiger partial charge in [0.05, 0.1) is 18.1 Å². The first-order chi connectivity index (χ1) is 15.9. The van der Waals surface area contributed by atoms with Crippen molar-refractivity contribution in [3.63, 3.8) is 0 Å². The molecule has 0 spiro atoms. The van der Waals surface area contributed by atoms with Gasteiger partial charge >= 0.3 is 0 Å². The van der Waals surface area contributed by atoms with Crippen molar-refractivity contribution in [1.82, 2.24) is 4.90 Å². The fraction of sp³-hybridized carbons (Fsp3) is 0.320. The number of aryl methyl sites for hydroxylation is 1. The molecule has 1 aliphatic heterocycles. The van der Waals surface area contributed by atoms with E-state index in [1.54, 1.807) is 24.1 Å². The predicted molar refractivity (Wildman–Crippen MR) is 122 cm³/mol. The normalized spacial score (nSPS) is 16.0. The summed E-state index contributed by atoms with van der Waals surface area (Å²) in [4.78, 5) is 15.1. The van der Waals surface area contributed by atoms with Gasteiger partial charge < -0.3 is 18.8 Å². The number of nitrogens with zero attached hydrogens (tertiary/aromatic N) is 1. The largest absolute Gasteiger partial charge is 0.497 e. The van der Waals surface area contributed by atoms with Gasteiger partial charge in [0.25, 0.3) is 5.91 Å². The Morgan fingerprint density at radius 3 is 2.42 bits per heavy atom. The van der Waals surface area contributed by atoms with Crippen LogP contribution >= 0.6 is 0 Å². The molecule has 1 amide bonds. The molecule has 0 bridgehead atoms. The zero-order valence-corrected chi connectivity index (χ0v) is 19.5. The molecule has 0 aliphatic carbocycles. The van der Waals surface area contributed by atoms with Crippen molar-refractivity contribution >= 4 is 15.7 Å². The van der Waals surface area contributed by atoms with Gasteiger partial charge in [0.15, 0.2) is 5.76 Å². The molecular formula is C25H27NO6S. The van der Waals surface area contributed by atoms with Gasteiger partial charge in [-0.2, -0.15) is 0 Å². The molecule has 8 heteroatoms. The molecule has 1 fully saturated rings. The summed E-state index contributed by atoms with van der Waals surface area (Å²) in [5, 5.41) is -0.254. The van der Waals surface area contributed by atoms with Gasteiger partial charge in [-0.15, -0.1) is 0 Å². The monoisotopic (exact) mass is 469 g/mol. The molecule has 1 atom stereocenters. The molecule has 4 rings (SSSR count). The van der Waals surface area contributed by atoms with Gasteiger partial charge in [-0.1, -0.05) is 29.8 Å². The molecule has 1 saturated heterocycles. The summed E-state index contributed by atoms with van der Waals surface area (Å²) in [5.41, 5.74) is 1.87. The van der Waals surface area contributed by atoms with E-state index in [4.69, 9.17) is 13.9 Å². The summed E-state index contributed by atoms with van der Waals surface area (Å²) in [6, 6.07) is 16.7. The van der Waals surface area contributed by atoms with Crippen molar-refractivity contribution in [3.8, 4) is 5.75 Å². The minimum Gasteiger partial charge on any atom is -0.497 e. The number of sulfone groups is 1. The van der Waals surface area contributed by atoms with Crippen LogP contribution in [-0.2, 0) is 21.1 Å². The summed E-state index contributed by atoms with van der Waals surface area (Å²) >= 11 is 0. The van der Waals surface area contributed by atoms with Crippen LogP contribution in [0.25, 0.3) is 0 Å². The minimum absolute atomic E-state index is 0.0211. The molecule has 1 unspecified atom stereocenters. The molecule has 0 saturated carbocycles. The van der Waals surface area contributed by atoms with E-state index in [1.807, 2.05) is 31.2 Å². The maximum absolute atomic E-state index is 13.3. The average molecular weight is 470 g/mol. The standard InChI is InChI=1S/C25H27NO6S/c1-18-5-11-22(12-6-18)33(28,29)24-14-13-23(32-24)25(27)26(17-21-4-3-15-31-21)16-19-7-9-20(30-2)10-8-19/h5-14,21H,3-4,15-17H2,1-2H3. The Hall–Kier alpha value is -3.10. The number of carbonyl (C=O) groups is 1. The van der Waals surface area contributed by atoms with Crippen LogP contribution in [-0.4, -0.2) is 45.6 Å². The van der Waals surface area contributed by atoms with Crippen LogP contribution in [0.15, 0.2) is 75.1 Å². The lowest BCUT2D eigenvalue weighted by molar-refractivity contribution is 0.0480. The van der Waals surface area contributed by atoms with Gasteiger partial charge in [-0.25, -0.2) is 8.42 Å². The van der Waals surface area contributed by atoms with Crippen molar-refractivity contribution in [3.05, 3.63) is 77.6 Å². The van der Waals surface area contributed by atoms with Gasteiger partial charge in [0.1, 0.15) is 5.75 Å². The van der Waals surface area contributed by atoms with Gasteiger partial charge in [-0.3, -0.25) is 4.79 Å². The Labute approximate surface area is 193 Å². The van der Waals surface area contributed by atoms with Crippen LogP contribution in [0, 0.1) is 6.92 Å². The van der Waals surface area contributed by atoms with Gasteiger partial charge in [0.2, 0.25) is 14.9 Å². The molecule has 0 N–H and O–H groups in total. The highest BCUT2D eigenvalue weighted by Gasteiger charge is 2.28. The summed E-state index contributed by atoms with van der Waals surface area (Å²) < 4.78 is 42.4. The second-order valence-electron chi connectivity index (χ2n) is 8.10. The molecule has 0 radical (unpaired) electrons. The third-order valence-electron chi connectivity index (χ3n) is 5.66. The van der Waals surface area contributed by atoms with E-state index in [1.165, 1.54) is 24.3 Å². The Bertz CT molecular complexity index is 1190. The summed E-state index contributed by atoms with van der Waals surface area (Å²) in [7, 11) is -2.26.